The Morgan fingerprint density at radius 1 is 0.970 bits per heavy atom. The number of hydrogen-bond acceptors (Lipinski definition) is 5. The number of carbonyl (C=O) groups excluding carboxylic acids is 1. The second kappa shape index (κ2) is 10.6. The van der Waals surface area contributed by atoms with Crippen LogP contribution in [-0.2, 0) is 22.2 Å². The van der Waals surface area contributed by atoms with E-state index < -0.39 is 23.9 Å². The molecule has 33 heavy (non-hydrogen) atoms. The third kappa shape index (κ3) is 7.94. The molecule has 0 aliphatic rings. The molecule has 13 heteroatoms. The van der Waals surface area contributed by atoms with Gasteiger partial charge < -0.3 is 14.9 Å². The van der Waals surface area contributed by atoms with E-state index >= 15 is 0 Å². The van der Waals surface area contributed by atoms with Crippen molar-refractivity contribution in [3.63, 3.8) is 0 Å². The smallest absolute Gasteiger partial charge is 0.475 e. The molecule has 0 aliphatic heterocycles. The van der Waals surface area contributed by atoms with Gasteiger partial charge in [-0.05, 0) is 30.7 Å². The number of pyridine rings is 1. The molecule has 3 rings (SSSR count). The Bertz CT molecular complexity index is 1060. The van der Waals surface area contributed by atoms with Crippen molar-refractivity contribution in [1.82, 2.24) is 10.1 Å². The maximum absolute atomic E-state index is 12.6. The van der Waals surface area contributed by atoms with E-state index in [0.717, 1.165) is 12.1 Å². The van der Waals surface area contributed by atoms with Crippen LogP contribution >= 0.6 is 0 Å². The molecule has 7 nitrogen and oxygen atoms in total. The second-order valence-electron chi connectivity index (χ2n) is 6.34. The van der Waals surface area contributed by atoms with Crippen LogP contribution in [0.15, 0.2) is 59.5 Å². The van der Waals surface area contributed by atoms with Gasteiger partial charge in [-0.1, -0.05) is 17.3 Å². The molecule has 0 spiro atoms. The van der Waals surface area contributed by atoms with E-state index in [1.165, 1.54) is 18.3 Å². The zero-order valence-corrected chi connectivity index (χ0v) is 16.4. The molecule has 0 fully saturated rings. The first kappa shape index (κ1) is 25.4. The van der Waals surface area contributed by atoms with E-state index in [0.29, 0.717) is 29.0 Å². The summed E-state index contributed by atoms with van der Waals surface area (Å²) in [4.78, 5) is 24.8. The fourth-order valence-corrected chi connectivity index (χ4v) is 2.39. The summed E-state index contributed by atoms with van der Waals surface area (Å²) in [6.45, 7) is 0. The van der Waals surface area contributed by atoms with Gasteiger partial charge in [0.2, 0.25) is 5.91 Å². The Morgan fingerprint density at radius 2 is 1.55 bits per heavy atom. The van der Waals surface area contributed by atoms with Crippen molar-refractivity contribution in [2.45, 2.75) is 25.2 Å². The Hall–Kier alpha value is -3.90. The number of halogens is 6. The molecule has 3 aromatic rings. The summed E-state index contributed by atoms with van der Waals surface area (Å²) in [5.41, 5.74) is 1.02. The lowest BCUT2D eigenvalue weighted by Gasteiger charge is -2.07. The molecule has 0 bridgehead atoms. The topological polar surface area (TPSA) is 105 Å². The van der Waals surface area contributed by atoms with Gasteiger partial charge in [0.25, 0.3) is 0 Å². The lowest BCUT2D eigenvalue weighted by molar-refractivity contribution is -0.192. The summed E-state index contributed by atoms with van der Waals surface area (Å²) < 4.78 is 74.8. The molecule has 1 aromatic carbocycles. The molecule has 2 heterocycles. The van der Waals surface area contributed by atoms with E-state index in [9.17, 15) is 31.1 Å². The summed E-state index contributed by atoms with van der Waals surface area (Å²) in [7, 11) is 0. The molecule has 176 valence electrons. The molecule has 1 amide bonds. The van der Waals surface area contributed by atoms with E-state index in [1.807, 2.05) is 0 Å². The molecule has 0 unspecified atom stereocenters. The number of hydrogen-bond donors (Lipinski definition) is 2. The van der Waals surface area contributed by atoms with E-state index in [1.54, 1.807) is 24.5 Å². The van der Waals surface area contributed by atoms with Crippen LogP contribution in [0.25, 0.3) is 11.3 Å². The number of benzene rings is 1. The van der Waals surface area contributed by atoms with E-state index in [-0.39, 0.29) is 12.3 Å². The second-order valence-corrected chi connectivity index (χ2v) is 6.34. The Morgan fingerprint density at radius 3 is 2.06 bits per heavy atom. The van der Waals surface area contributed by atoms with Crippen molar-refractivity contribution in [2.75, 3.05) is 5.32 Å². The van der Waals surface area contributed by atoms with Crippen LogP contribution in [0.3, 0.4) is 0 Å². The van der Waals surface area contributed by atoms with Crippen molar-refractivity contribution in [3.8, 4) is 11.3 Å². The van der Waals surface area contributed by atoms with Gasteiger partial charge in [-0.2, -0.15) is 26.3 Å². The minimum Gasteiger partial charge on any atom is -0.475 e. The number of aryl methyl sites for hydroxylation is 1. The van der Waals surface area contributed by atoms with Crippen molar-refractivity contribution in [1.29, 1.82) is 0 Å². The predicted octanol–water partition coefficient (Wildman–Crippen LogP) is 4.96. The van der Waals surface area contributed by atoms with Gasteiger partial charge in [-0.3, -0.25) is 9.78 Å². The summed E-state index contributed by atoms with van der Waals surface area (Å²) in [5, 5.41) is 13.6. The summed E-state index contributed by atoms with van der Waals surface area (Å²) in [6.07, 6.45) is -4.36. The lowest BCUT2D eigenvalue weighted by atomic mass is 10.0. The Balaban J connectivity index is 0.000000479. The average Bonchev–Trinajstić information content (AvgIpc) is 3.21. The highest BCUT2D eigenvalue weighted by molar-refractivity contribution is 5.90. The van der Waals surface area contributed by atoms with Crippen molar-refractivity contribution < 1.29 is 45.6 Å². The number of aliphatic carboxylic acids is 1. The third-order valence-corrected chi connectivity index (χ3v) is 3.95. The largest absolute Gasteiger partial charge is 0.490 e. The number of carbonyl (C=O) groups is 2. The van der Waals surface area contributed by atoms with Crippen LogP contribution in [0.4, 0.5) is 32.0 Å². The summed E-state index contributed by atoms with van der Waals surface area (Å²) >= 11 is 0. The maximum atomic E-state index is 12.6. The maximum Gasteiger partial charge on any atom is 0.490 e. The van der Waals surface area contributed by atoms with Gasteiger partial charge in [-0.25, -0.2) is 4.79 Å². The fraction of sp³-hybridized carbons (Fsp3) is 0.200. The van der Waals surface area contributed by atoms with Gasteiger partial charge in [0, 0.05) is 35.6 Å². The minimum absolute atomic E-state index is 0.178. The van der Waals surface area contributed by atoms with Crippen LogP contribution < -0.4 is 5.32 Å². The van der Waals surface area contributed by atoms with Crippen LogP contribution in [0, 0.1) is 0 Å². The highest BCUT2D eigenvalue weighted by atomic mass is 19.4. The zero-order valence-electron chi connectivity index (χ0n) is 16.4. The standard InChI is InChI=1S/C18H14F3N3O2.C2HF3O2/c19-18(20,21)14-4-1-12(2-5-14)17-13(11-23-26-17)3-6-16(25)24-15-7-9-22-10-8-15;3-2(4,5)1(6)7/h1-2,4-5,7-11H,3,6H2,(H,22,24,25);(H,6,7). The van der Waals surface area contributed by atoms with E-state index in [4.69, 9.17) is 14.4 Å². The first-order chi connectivity index (χ1) is 15.4. The van der Waals surface area contributed by atoms with Gasteiger partial charge in [-0.15, -0.1) is 0 Å². The molecule has 2 N–H and O–H groups in total. The average molecular weight is 475 g/mol. The van der Waals surface area contributed by atoms with Crippen molar-refractivity contribution >= 4 is 17.6 Å². The monoisotopic (exact) mass is 475 g/mol. The van der Waals surface area contributed by atoms with Crippen LogP contribution in [0.2, 0.25) is 0 Å². The van der Waals surface area contributed by atoms with Gasteiger partial charge >= 0.3 is 18.3 Å². The number of nitrogens with one attached hydrogen (secondary N) is 1. The van der Waals surface area contributed by atoms with Gasteiger partial charge in [0.15, 0.2) is 5.76 Å². The number of aromatic nitrogens is 2. The number of alkyl halides is 6. The normalized spacial score (nSPS) is 11.3. The Kier molecular flexibility index (Phi) is 8.16. The van der Waals surface area contributed by atoms with Crippen LogP contribution in [0.5, 0.6) is 0 Å². The zero-order chi connectivity index (χ0) is 24.6. The number of anilines is 1. The van der Waals surface area contributed by atoms with Gasteiger partial charge in [0.1, 0.15) is 0 Å². The molecule has 0 saturated carbocycles. The number of rotatable bonds is 5. The molecular weight excluding hydrogens is 460 g/mol. The van der Waals surface area contributed by atoms with Crippen LogP contribution in [0.1, 0.15) is 17.5 Å². The Labute approximate surface area is 182 Å². The predicted molar refractivity (Wildman–Crippen MR) is 102 cm³/mol. The van der Waals surface area contributed by atoms with Crippen molar-refractivity contribution in [2.24, 2.45) is 0 Å². The number of carboxylic acid groups (broad SMARTS) is 1. The van der Waals surface area contributed by atoms with Crippen LogP contribution in [-0.4, -0.2) is 33.3 Å². The molecule has 0 saturated heterocycles. The minimum atomic E-state index is -5.08. The number of carboxylic acids is 1. The molecule has 2 aromatic heterocycles. The van der Waals surface area contributed by atoms with Crippen molar-refractivity contribution in [3.05, 3.63) is 66.1 Å². The first-order valence-corrected chi connectivity index (χ1v) is 8.99. The molecule has 0 atom stereocenters. The fourth-order valence-electron chi connectivity index (χ4n) is 2.39. The quantitative estimate of drug-likeness (QED) is 0.506. The highest BCUT2D eigenvalue weighted by Crippen LogP contribution is 2.32. The first-order valence-electron chi connectivity index (χ1n) is 8.99. The molecule has 0 radical (unpaired) electrons. The molecular formula is C20H15F6N3O4. The molecule has 0 aliphatic carbocycles. The van der Waals surface area contributed by atoms with E-state index in [2.05, 4.69) is 15.5 Å². The summed E-state index contributed by atoms with van der Waals surface area (Å²) in [5.74, 6) is -2.60. The SMILES string of the molecule is O=C(CCc1cnoc1-c1ccc(C(F)(F)F)cc1)Nc1ccncc1.O=C(O)C(F)(F)F. The third-order valence-electron chi connectivity index (χ3n) is 3.95. The van der Waals surface area contributed by atoms with Gasteiger partial charge in [0.05, 0.1) is 11.8 Å². The summed E-state index contributed by atoms with van der Waals surface area (Å²) in [6, 6.07) is 7.96. The highest BCUT2D eigenvalue weighted by Gasteiger charge is 2.38. The number of nitrogens with zero attached hydrogens (tertiary/aromatic N) is 2. The lowest BCUT2D eigenvalue weighted by Crippen LogP contribution is -2.21. The number of amides is 1.